The maximum absolute atomic E-state index is 11.5. The Hall–Kier alpha value is -1.72. The maximum Gasteiger partial charge on any atom is 0.413 e. The molecule has 1 aromatic heterocycles. The predicted octanol–water partition coefficient (Wildman–Crippen LogP) is 2.17. The van der Waals surface area contributed by atoms with Gasteiger partial charge in [-0.3, -0.25) is 5.32 Å². The van der Waals surface area contributed by atoms with E-state index in [1.165, 1.54) is 4.68 Å². The second kappa shape index (κ2) is 5.07. The van der Waals surface area contributed by atoms with Gasteiger partial charge in [0.05, 0.1) is 6.61 Å². The fourth-order valence-electron chi connectivity index (χ4n) is 1.18. The lowest BCUT2D eigenvalue weighted by atomic mass is 10.2. The van der Waals surface area contributed by atoms with Gasteiger partial charge in [-0.15, -0.1) is 5.10 Å². The molecule has 1 amide bonds. The third kappa shape index (κ3) is 4.34. The number of hydrogen-bond acceptors (Lipinski definition) is 4. The lowest BCUT2D eigenvalue weighted by Crippen LogP contribution is -2.27. The van der Waals surface area contributed by atoms with Crippen LogP contribution >= 0.6 is 0 Å². The zero-order valence-corrected chi connectivity index (χ0v) is 10.9. The maximum atomic E-state index is 11.5. The van der Waals surface area contributed by atoms with Crippen LogP contribution in [0.2, 0.25) is 0 Å². The summed E-state index contributed by atoms with van der Waals surface area (Å²) in [6.07, 6.45) is -0.511. The number of rotatable bonds is 3. The largest absolute Gasteiger partial charge is 0.477 e. The van der Waals surface area contributed by atoms with Crippen LogP contribution in [0.1, 0.15) is 27.7 Å². The van der Waals surface area contributed by atoms with Crippen LogP contribution < -0.4 is 10.1 Å². The van der Waals surface area contributed by atoms with Gasteiger partial charge >= 0.3 is 6.09 Å². The monoisotopic (exact) mass is 241 g/mol. The highest BCUT2D eigenvalue weighted by molar-refractivity contribution is 5.83. The van der Waals surface area contributed by atoms with E-state index in [2.05, 4.69) is 10.4 Å². The van der Waals surface area contributed by atoms with Gasteiger partial charge < -0.3 is 9.47 Å². The number of aromatic nitrogens is 2. The number of carbonyl (C=O) groups excluding carboxylic acids is 1. The van der Waals surface area contributed by atoms with E-state index in [4.69, 9.17) is 9.47 Å². The first-order valence-electron chi connectivity index (χ1n) is 5.48. The molecule has 1 heterocycles. The van der Waals surface area contributed by atoms with E-state index in [0.717, 1.165) is 0 Å². The molecule has 0 aromatic carbocycles. The summed E-state index contributed by atoms with van der Waals surface area (Å²) in [5.41, 5.74) is -0.522. The van der Waals surface area contributed by atoms with Crippen LogP contribution in [0.5, 0.6) is 5.88 Å². The van der Waals surface area contributed by atoms with Crippen LogP contribution in [0, 0.1) is 0 Å². The van der Waals surface area contributed by atoms with Gasteiger partial charge in [0.25, 0.3) is 0 Å². The Bertz CT molecular complexity index is 393. The third-order valence-corrected chi connectivity index (χ3v) is 1.78. The van der Waals surface area contributed by atoms with Crippen LogP contribution in [-0.2, 0) is 11.8 Å². The van der Waals surface area contributed by atoms with Crippen molar-refractivity contribution >= 4 is 11.9 Å². The third-order valence-electron chi connectivity index (χ3n) is 1.78. The first kappa shape index (κ1) is 13.3. The van der Waals surface area contributed by atoms with Crippen molar-refractivity contribution in [2.45, 2.75) is 33.3 Å². The lowest BCUT2D eigenvalue weighted by Gasteiger charge is -2.19. The quantitative estimate of drug-likeness (QED) is 0.880. The molecule has 1 N–H and O–H groups in total. The van der Waals surface area contributed by atoms with E-state index in [-0.39, 0.29) is 0 Å². The molecule has 0 saturated carbocycles. The molecule has 0 bridgehead atoms. The summed E-state index contributed by atoms with van der Waals surface area (Å²) < 4.78 is 11.9. The molecule has 1 aromatic rings. The smallest absolute Gasteiger partial charge is 0.413 e. The highest BCUT2D eigenvalue weighted by atomic mass is 16.6. The Morgan fingerprint density at radius 1 is 1.53 bits per heavy atom. The summed E-state index contributed by atoms with van der Waals surface area (Å²) in [6, 6.07) is 1.65. The number of amides is 1. The van der Waals surface area contributed by atoms with E-state index >= 15 is 0 Å². The molecule has 17 heavy (non-hydrogen) atoms. The molecule has 0 saturated heterocycles. The first-order chi connectivity index (χ1) is 7.81. The highest BCUT2D eigenvalue weighted by Gasteiger charge is 2.17. The molecule has 0 radical (unpaired) electrons. The van der Waals surface area contributed by atoms with Crippen molar-refractivity contribution in [3.05, 3.63) is 6.07 Å². The molecule has 0 aliphatic carbocycles. The van der Waals surface area contributed by atoms with Gasteiger partial charge in [0, 0.05) is 13.1 Å². The average Bonchev–Trinajstić information content (AvgIpc) is 2.44. The number of nitrogens with one attached hydrogen (secondary N) is 1. The number of ether oxygens (including phenoxy) is 2. The Morgan fingerprint density at radius 3 is 2.71 bits per heavy atom. The minimum atomic E-state index is -0.522. The van der Waals surface area contributed by atoms with Gasteiger partial charge in [-0.1, -0.05) is 0 Å². The first-order valence-corrected chi connectivity index (χ1v) is 5.48. The second-order valence-corrected chi connectivity index (χ2v) is 4.55. The van der Waals surface area contributed by atoms with Crippen molar-refractivity contribution in [1.29, 1.82) is 0 Å². The molecule has 96 valence electrons. The van der Waals surface area contributed by atoms with E-state index in [1.807, 2.05) is 6.92 Å². The normalized spacial score (nSPS) is 11.1. The van der Waals surface area contributed by atoms with Crippen molar-refractivity contribution in [1.82, 2.24) is 9.78 Å². The highest BCUT2D eigenvalue weighted by Crippen LogP contribution is 2.16. The van der Waals surface area contributed by atoms with Crippen molar-refractivity contribution in [3.63, 3.8) is 0 Å². The zero-order valence-electron chi connectivity index (χ0n) is 10.9. The van der Waals surface area contributed by atoms with Gasteiger partial charge in [-0.05, 0) is 27.7 Å². The molecule has 6 heteroatoms. The standard InChI is InChI=1S/C11H19N3O3/c1-6-16-9-7-8(14(5)13-9)12-10(15)17-11(2,3)4/h7H,6H2,1-5H3,(H,12,15). The predicted molar refractivity (Wildman–Crippen MR) is 64.2 cm³/mol. The van der Waals surface area contributed by atoms with Crippen molar-refractivity contribution in [2.75, 3.05) is 11.9 Å². The molecular weight excluding hydrogens is 222 g/mol. The Kier molecular flexibility index (Phi) is 3.98. The Morgan fingerprint density at radius 2 is 2.18 bits per heavy atom. The molecule has 0 atom stereocenters. The number of carbonyl (C=O) groups is 1. The number of hydrogen-bond donors (Lipinski definition) is 1. The van der Waals surface area contributed by atoms with Crippen LogP contribution in [-0.4, -0.2) is 28.1 Å². The van der Waals surface area contributed by atoms with E-state index in [1.54, 1.807) is 33.9 Å². The van der Waals surface area contributed by atoms with Gasteiger partial charge in [0.15, 0.2) is 0 Å². The van der Waals surface area contributed by atoms with Crippen molar-refractivity contribution in [2.24, 2.45) is 7.05 Å². The summed E-state index contributed by atoms with van der Waals surface area (Å²) in [5.74, 6) is 1.00. The van der Waals surface area contributed by atoms with Crippen molar-refractivity contribution in [3.8, 4) is 5.88 Å². The van der Waals surface area contributed by atoms with Crippen LogP contribution in [0.15, 0.2) is 6.07 Å². The minimum absolute atomic E-state index is 0.473. The lowest BCUT2D eigenvalue weighted by molar-refractivity contribution is 0.0634. The molecule has 1 rings (SSSR count). The topological polar surface area (TPSA) is 65.4 Å². The summed E-state index contributed by atoms with van der Waals surface area (Å²) in [4.78, 5) is 11.5. The summed E-state index contributed by atoms with van der Waals surface area (Å²) in [7, 11) is 1.72. The molecule has 0 aliphatic heterocycles. The second-order valence-electron chi connectivity index (χ2n) is 4.55. The number of nitrogens with zero attached hydrogens (tertiary/aromatic N) is 2. The van der Waals surface area contributed by atoms with E-state index in [0.29, 0.717) is 18.3 Å². The minimum Gasteiger partial charge on any atom is -0.477 e. The molecule has 0 unspecified atom stereocenters. The SMILES string of the molecule is CCOc1cc(NC(=O)OC(C)(C)C)n(C)n1. The summed E-state index contributed by atoms with van der Waals surface area (Å²) >= 11 is 0. The van der Waals surface area contributed by atoms with Crippen molar-refractivity contribution < 1.29 is 14.3 Å². The van der Waals surface area contributed by atoms with E-state index in [9.17, 15) is 4.79 Å². The number of aryl methyl sites for hydroxylation is 1. The molecule has 0 aliphatic rings. The average molecular weight is 241 g/mol. The van der Waals surface area contributed by atoms with Gasteiger partial charge in [-0.2, -0.15) is 0 Å². The van der Waals surface area contributed by atoms with E-state index < -0.39 is 11.7 Å². The molecule has 0 fully saturated rings. The van der Waals surface area contributed by atoms with Crippen LogP contribution in [0.3, 0.4) is 0 Å². The van der Waals surface area contributed by atoms with Crippen LogP contribution in [0.4, 0.5) is 10.6 Å². The zero-order chi connectivity index (χ0) is 13.1. The fourth-order valence-corrected chi connectivity index (χ4v) is 1.18. The van der Waals surface area contributed by atoms with Crippen LogP contribution in [0.25, 0.3) is 0 Å². The van der Waals surface area contributed by atoms with Gasteiger partial charge in [0.2, 0.25) is 5.88 Å². The van der Waals surface area contributed by atoms with Gasteiger partial charge in [0.1, 0.15) is 11.4 Å². The number of anilines is 1. The fraction of sp³-hybridized carbons (Fsp3) is 0.636. The molecule has 0 spiro atoms. The Balaban J connectivity index is 2.65. The summed E-state index contributed by atoms with van der Waals surface area (Å²) in [5, 5.41) is 6.68. The van der Waals surface area contributed by atoms with Gasteiger partial charge in [-0.25, -0.2) is 9.48 Å². The summed E-state index contributed by atoms with van der Waals surface area (Å²) in [6.45, 7) is 7.82. The molecular formula is C11H19N3O3. The Labute approximate surface area is 101 Å². The molecule has 6 nitrogen and oxygen atoms in total.